The molecule has 0 bridgehead atoms. The highest BCUT2D eigenvalue weighted by molar-refractivity contribution is 7.18. The Bertz CT molecular complexity index is 1510. The van der Waals surface area contributed by atoms with Crippen LogP contribution in [0.1, 0.15) is 49.2 Å². The van der Waals surface area contributed by atoms with E-state index in [0.29, 0.717) is 11.7 Å². The number of pyridine rings is 1. The number of thiazole rings is 1. The lowest BCUT2D eigenvalue weighted by Gasteiger charge is -2.13. The van der Waals surface area contributed by atoms with Crippen molar-refractivity contribution in [3.63, 3.8) is 0 Å². The third-order valence-corrected chi connectivity index (χ3v) is 6.77. The number of nitrogens with zero attached hydrogens (tertiary/aromatic N) is 4. The van der Waals surface area contributed by atoms with Crippen molar-refractivity contribution in [1.29, 1.82) is 0 Å². The van der Waals surface area contributed by atoms with Gasteiger partial charge in [-0.1, -0.05) is 51.1 Å². The van der Waals surface area contributed by atoms with Gasteiger partial charge in [0.25, 0.3) is 0 Å². The third kappa shape index (κ3) is 4.11. The number of aryl methyl sites for hydroxylation is 2. The van der Waals surface area contributed by atoms with Crippen LogP contribution in [0.5, 0.6) is 0 Å². The zero-order valence-electron chi connectivity index (χ0n) is 19.6. The Kier molecular flexibility index (Phi) is 5.62. The summed E-state index contributed by atoms with van der Waals surface area (Å²) in [5.41, 5.74) is 12.5. The lowest BCUT2D eigenvalue weighted by atomic mass is 10.1. The zero-order valence-corrected chi connectivity index (χ0v) is 20.4. The van der Waals surface area contributed by atoms with Gasteiger partial charge in [-0.3, -0.25) is 0 Å². The van der Waals surface area contributed by atoms with Crippen molar-refractivity contribution in [3.8, 4) is 0 Å². The van der Waals surface area contributed by atoms with Crippen LogP contribution in [0.4, 0.5) is 5.82 Å². The lowest BCUT2D eigenvalue weighted by Crippen LogP contribution is -2.09. The molecule has 5 rings (SSSR count). The summed E-state index contributed by atoms with van der Waals surface area (Å²) in [7, 11) is 0. The van der Waals surface area contributed by atoms with Gasteiger partial charge < -0.3 is 10.3 Å². The monoisotopic (exact) mass is 455 g/mol. The number of anilines is 1. The summed E-state index contributed by atoms with van der Waals surface area (Å²) in [4.78, 5) is 14.2. The predicted molar refractivity (Wildman–Crippen MR) is 142 cm³/mol. The minimum absolute atomic E-state index is 0.503. The van der Waals surface area contributed by atoms with Crippen LogP contribution in [-0.2, 0) is 13.0 Å². The number of fused-ring (bicyclic) bond motifs is 4. The Morgan fingerprint density at radius 2 is 1.73 bits per heavy atom. The highest BCUT2D eigenvalue weighted by Gasteiger charge is 2.17. The molecule has 168 valence electrons. The van der Waals surface area contributed by atoms with Crippen molar-refractivity contribution in [1.82, 2.24) is 19.5 Å². The fourth-order valence-electron chi connectivity index (χ4n) is 4.41. The molecule has 0 atom stereocenters. The van der Waals surface area contributed by atoms with Crippen LogP contribution in [0, 0.1) is 12.8 Å². The molecule has 0 spiro atoms. The van der Waals surface area contributed by atoms with E-state index < -0.39 is 0 Å². The molecule has 5 aromatic rings. The van der Waals surface area contributed by atoms with Crippen molar-refractivity contribution in [2.45, 2.75) is 47.1 Å². The highest BCUT2D eigenvalue weighted by Crippen LogP contribution is 2.31. The van der Waals surface area contributed by atoms with E-state index >= 15 is 0 Å². The lowest BCUT2D eigenvalue weighted by molar-refractivity contribution is 0.516. The number of nitrogen functional groups attached to an aromatic ring is 1. The van der Waals surface area contributed by atoms with E-state index in [1.54, 1.807) is 11.3 Å². The van der Waals surface area contributed by atoms with Crippen LogP contribution in [0.2, 0.25) is 0 Å². The van der Waals surface area contributed by atoms with Gasteiger partial charge in [0.2, 0.25) is 0 Å². The number of rotatable bonds is 6. The molecule has 0 radical (unpaired) electrons. The maximum absolute atomic E-state index is 6.39. The van der Waals surface area contributed by atoms with E-state index in [0.717, 1.165) is 68.8 Å². The molecular weight excluding hydrogens is 426 g/mol. The molecule has 0 aliphatic heterocycles. The highest BCUT2D eigenvalue weighted by atomic mass is 32.1. The standard InChI is InChI=1S/C27H29N5S/c1-5-6-24-31-25-26(32(24)15-16(2)3)20-11-9-18(13-21(20)30-27(25)28)7-8-19-10-12-23-22(14-19)29-17(4)33-23/h7-14,16H,5-6,15H2,1-4H3,(H2,28,30)/b8-7+. The van der Waals surface area contributed by atoms with Crippen LogP contribution in [0.15, 0.2) is 36.4 Å². The smallest absolute Gasteiger partial charge is 0.152 e. The summed E-state index contributed by atoms with van der Waals surface area (Å²) in [6.45, 7) is 9.63. The molecular formula is C27H29N5S. The molecule has 0 aliphatic rings. The van der Waals surface area contributed by atoms with Gasteiger partial charge in [0.15, 0.2) is 5.82 Å². The molecule has 0 unspecified atom stereocenters. The normalized spacial score (nSPS) is 12.3. The Labute approximate surface area is 198 Å². The third-order valence-electron chi connectivity index (χ3n) is 5.82. The Hall–Kier alpha value is -3.25. The first-order chi connectivity index (χ1) is 15.9. The number of hydrogen-bond acceptors (Lipinski definition) is 5. The SMILES string of the molecule is CCCc1nc2c(N)nc3cc(/C=C/c4ccc5sc(C)nc5c4)ccc3c2n1CC(C)C. The molecule has 2 N–H and O–H groups in total. The van der Waals surface area contributed by atoms with Gasteiger partial charge in [-0.25, -0.2) is 15.0 Å². The average Bonchev–Trinajstić information content (AvgIpc) is 3.32. The van der Waals surface area contributed by atoms with Crippen molar-refractivity contribution in [2.24, 2.45) is 5.92 Å². The van der Waals surface area contributed by atoms with E-state index in [-0.39, 0.29) is 0 Å². The molecule has 0 fully saturated rings. The van der Waals surface area contributed by atoms with Crippen molar-refractivity contribution >= 4 is 61.5 Å². The first-order valence-electron chi connectivity index (χ1n) is 11.6. The second kappa shape index (κ2) is 8.60. The van der Waals surface area contributed by atoms with E-state index in [1.807, 2.05) is 6.92 Å². The minimum Gasteiger partial charge on any atom is -0.382 e. The van der Waals surface area contributed by atoms with Crippen molar-refractivity contribution in [3.05, 3.63) is 58.4 Å². The first kappa shape index (κ1) is 21.6. The number of hydrogen-bond donors (Lipinski definition) is 1. The molecule has 6 heteroatoms. The molecule has 0 saturated carbocycles. The van der Waals surface area contributed by atoms with Crippen LogP contribution in [-0.4, -0.2) is 19.5 Å². The van der Waals surface area contributed by atoms with Crippen LogP contribution in [0.25, 0.3) is 44.3 Å². The van der Waals surface area contributed by atoms with Gasteiger partial charge in [-0.05, 0) is 48.6 Å². The van der Waals surface area contributed by atoms with E-state index in [9.17, 15) is 0 Å². The van der Waals surface area contributed by atoms with E-state index in [4.69, 9.17) is 15.7 Å². The zero-order chi connectivity index (χ0) is 23.1. The van der Waals surface area contributed by atoms with Gasteiger partial charge in [-0.2, -0.15) is 0 Å². The number of nitrogens with two attached hydrogens (primary N) is 1. The number of aromatic nitrogens is 4. The van der Waals surface area contributed by atoms with Gasteiger partial charge >= 0.3 is 0 Å². The van der Waals surface area contributed by atoms with Crippen molar-refractivity contribution < 1.29 is 0 Å². The molecule has 0 aliphatic carbocycles. The van der Waals surface area contributed by atoms with Gasteiger partial charge in [0.05, 0.1) is 26.3 Å². The molecule has 3 aromatic heterocycles. The molecule has 2 aromatic carbocycles. The summed E-state index contributed by atoms with van der Waals surface area (Å²) >= 11 is 1.73. The summed E-state index contributed by atoms with van der Waals surface area (Å²) < 4.78 is 3.57. The topological polar surface area (TPSA) is 69.6 Å². The van der Waals surface area contributed by atoms with Gasteiger partial charge in [0, 0.05) is 18.4 Å². The number of imidazole rings is 1. The van der Waals surface area contributed by atoms with Crippen molar-refractivity contribution in [2.75, 3.05) is 5.73 Å². The molecule has 5 nitrogen and oxygen atoms in total. The van der Waals surface area contributed by atoms with Crippen LogP contribution in [0.3, 0.4) is 0 Å². The number of benzene rings is 2. The minimum atomic E-state index is 0.503. The largest absolute Gasteiger partial charge is 0.382 e. The molecule has 3 heterocycles. The maximum atomic E-state index is 6.39. The van der Waals surface area contributed by atoms with Crippen LogP contribution >= 0.6 is 11.3 Å². The maximum Gasteiger partial charge on any atom is 0.152 e. The molecule has 0 amide bonds. The van der Waals surface area contributed by atoms with E-state index in [2.05, 4.69) is 78.9 Å². The fraction of sp³-hybridized carbons (Fsp3) is 0.296. The Morgan fingerprint density at radius 3 is 2.45 bits per heavy atom. The quantitative estimate of drug-likeness (QED) is 0.284. The fourth-order valence-corrected chi connectivity index (χ4v) is 5.22. The average molecular weight is 456 g/mol. The summed E-state index contributed by atoms with van der Waals surface area (Å²) in [6.07, 6.45) is 6.23. The van der Waals surface area contributed by atoms with Gasteiger partial charge in [-0.15, -0.1) is 11.3 Å². The molecule has 0 saturated heterocycles. The summed E-state index contributed by atoms with van der Waals surface area (Å²) in [6, 6.07) is 12.8. The second-order valence-electron chi connectivity index (χ2n) is 9.05. The Morgan fingerprint density at radius 1 is 1.00 bits per heavy atom. The van der Waals surface area contributed by atoms with Gasteiger partial charge in [0.1, 0.15) is 11.3 Å². The second-order valence-corrected chi connectivity index (χ2v) is 10.3. The Balaban J connectivity index is 1.58. The summed E-state index contributed by atoms with van der Waals surface area (Å²) in [5.74, 6) is 2.12. The first-order valence-corrected chi connectivity index (χ1v) is 12.4. The molecule has 33 heavy (non-hydrogen) atoms. The summed E-state index contributed by atoms with van der Waals surface area (Å²) in [5, 5.41) is 2.20. The predicted octanol–water partition coefficient (Wildman–Crippen LogP) is 6.86. The van der Waals surface area contributed by atoms with E-state index in [1.165, 1.54) is 4.70 Å². The van der Waals surface area contributed by atoms with Crippen LogP contribution < -0.4 is 5.73 Å².